The molecule has 1 unspecified atom stereocenters. The number of aromatic nitrogens is 2. The van der Waals surface area contributed by atoms with Crippen molar-refractivity contribution in [2.45, 2.75) is 37.9 Å². The molecule has 2 fully saturated rings. The highest BCUT2D eigenvalue weighted by molar-refractivity contribution is 14.0. The molecule has 0 aliphatic carbocycles. The van der Waals surface area contributed by atoms with Crippen molar-refractivity contribution >= 4 is 47.6 Å². The first kappa shape index (κ1) is 24.5. The van der Waals surface area contributed by atoms with Gasteiger partial charge in [0.15, 0.2) is 5.96 Å². The van der Waals surface area contributed by atoms with Gasteiger partial charge in [-0.1, -0.05) is 0 Å². The average molecular weight is 534 g/mol. The highest BCUT2D eigenvalue weighted by Crippen LogP contribution is 2.37. The third kappa shape index (κ3) is 8.09. The lowest BCUT2D eigenvalue weighted by Crippen LogP contribution is -2.47. The topological polar surface area (TPSA) is 68.7 Å². The van der Waals surface area contributed by atoms with Gasteiger partial charge in [-0.3, -0.25) is 9.89 Å². The summed E-state index contributed by atoms with van der Waals surface area (Å²) in [5.74, 6) is 3.09. The molecule has 1 atom stereocenters. The number of hydrogen-bond acceptors (Lipinski definition) is 6. The lowest BCUT2D eigenvalue weighted by atomic mass is 10.1. The molecule has 7 nitrogen and oxygen atoms in total. The van der Waals surface area contributed by atoms with Crippen molar-refractivity contribution in [3.05, 3.63) is 18.5 Å². The van der Waals surface area contributed by atoms with Gasteiger partial charge in [0.05, 0.1) is 6.54 Å². The molecule has 0 amide bonds. The zero-order valence-corrected chi connectivity index (χ0v) is 20.9. The Morgan fingerprint density at radius 2 is 1.97 bits per heavy atom. The van der Waals surface area contributed by atoms with Gasteiger partial charge in [-0.15, -0.1) is 24.0 Å². The van der Waals surface area contributed by atoms with Crippen LogP contribution in [-0.4, -0.2) is 83.7 Å². The van der Waals surface area contributed by atoms with Gasteiger partial charge in [0, 0.05) is 56.4 Å². The number of rotatable bonds is 8. The number of nitrogens with zero attached hydrogens (tertiary/aromatic N) is 5. The Hall–Kier alpha value is -0.810. The molecule has 2 N–H and O–H groups in total. The van der Waals surface area contributed by atoms with Crippen LogP contribution in [0.1, 0.15) is 33.1 Å². The maximum absolute atomic E-state index is 4.83. The summed E-state index contributed by atoms with van der Waals surface area (Å²) in [7, 11) is 0. The molecule has 0 spiro atoms. The maximum Gasteiger partial charge on any atom is 0.225 e. The van der Waals surface area contributed by atoms with E-state index < -0.39 is 0 Å². The molecule has 2 saturated heterocycles. The smallest absolute Gasteiger partial charge is 0.225 e. The van der Waals surface area contributed by atoms with Gasteiger partial charge in [0.25, 0.3) is 0 Å². The van der Waals surface area contributed by atoms with Crippen LogP contribution in [0.3, 0.4) is 0 Å². The van der Waals surface area contributed by atoms with Crippen molar-refractivity contribution < 1.29 is 0 Å². The van der Waals surface area contributed by atoms with E-state index in [1.54, 1.807) is 0 Å². The fraction of sp³-hybridized carbons (Fsp3) is 0.750. The number of nitrogens with one attached hydrogen (secondary N) is 2. The van der Waals surface area contributed by atoms with E-state index in [2.05, 4.69) is 56.0 Å². The second kappa shape index (κ2) is 12.8. The first-order chi connectivity index (χ1) is 13.7. The quantitative estimate of drug-likeness (QED) is 0.230. The first-order valence-corrected chi connectivity index (χ1v) is 11.6. The van der Waals surface area contributed by atoms with Gasteiger partial charge < -0.3 is 15.5 Å². The molecular weight excluding hydrogens is 497 g/mol. The monoisotopic (exact) mass is 533 g/mol. The molecule has 3 rings (SSSR count). The lowest BCUT2D eigenvalue weighted by molar-refractivity contribution is 0.254. The highest BCUT2D eigenvalue weighted by atomic mass is 127. The largest absolute Gasteiger partial charge is 0.357 e. The first-order valence-electron chi connectivity index (χ1n) is 10.6. The van der Waals surface area contributed by atoms with Crippen LogP contribution in [0.5, 0.6) is 0 Å². The van der Waals surface area contributed by atoms with Crippen LogP contribution in [0.2, 0.25) is 0 Å². The Labute approximate surface area is 196 Å². The summed E-state index contributed by atoms with van der Waals surface area (Å²) >= 11 is 2.07. The normalized spacial score (nSPS) is 23.0. The minimum Gasteiger partial charge on any atom is -0.357 e. The number of piperazine rings is 1. The van der Waals surface area contributed by atoms with Gasteiger partial charge in [-0.05, 0) is 51.5 Å². The zero-order chi connectivity index (χ0) is 19.7. The zero-order valence-electron chi connectivity index (χ0n) is 17.8. The molecule has 2 aliphatic rings. The maximum atomic E-state index is 4.83. The number of anilines is 1. The van der Waals surface area contributed by atoms with E-state index in [0.29, 0.717) is 4.75 Å². The van der Waals surface area contributed by atoms with Gasteiger partial charge in [-0.2, -0.15) is 11.8 Å². The molecule has 3 heterocycles. The minimum atomic E-state index is 0. The second-order valence-corrected chi connectivity index (χ2v) is 9.44. The Kier molecular flexibility index (Phi) is 10.8. The summed E-state index contributed by atoms with van der Waals surface area (Å²) < 4.78 is 0.324. The fourth-order valence-corrected chi connectivity index (χ4v) is 4.91. The van der Waals surface area contributed by atoms with Gasteiger partial charge >= 0.3 is 0 Å². The summed E-state index contributed by atoms with van der Waals surface area (Å²) in [4.78, 5) is 18.3. The Bertz CT molecular complexity index is 602. The molecule has 0 bridgehead atoms. The Morgan fingerprint density at radius 1 is 1.21 bits per heavy atom. The van der Waals surface area contributed by atoms with Crippen LogP contribution in [0.15, 0.2) is 23.5 Å². The molecule has 164 valence electrons. The summed E-state index contributed by atoms with van der Waals surface area (Å²) in [6.45, 7) is 12.5. The summed E-state index contributed by atoms with van der Waals surface area (Å²) in [6.07, 6.45) is 7.36. The van der Waals surface area contributed by atoms with Crippen LogP contribution in [-0.2, 0) is 0 Å². The minimum absolute atomic E-state index is 0. The van der Waals surface area contributed by atoms with E-state index in [-0.39, 0.29) is 24.0 Å². The molecule has 1 aromatic heterocycles. The van der Waals surface area contributed by atoms with Crippen molar-refractivity contribution in [2.75, 3.05) is 63.0 Å². The number of hydrogen-bond donors (Lipinski definition) is 2. The molecular formula is C20H36IN7S. The van der Waals surface area contributed by atoms with Crippen LogP contribution in [0, 0.1) is 0 Å². The number of guanidine groups is 1. The summed E-state index contributed by atoms with van der Waals surface area (Å²) in [5.41, 5.74) is 0. The molecule has 2 aliphatic heterocycles. The molecule has 29 heavy (non-hydrogen) atoms. The van der Waals surface area contributed by atoms with E-state index >= 15 is 0 Å². The van der Waals surface area contributed by atoms with Crippen LogP contribution in [0.25, 0.3) is 0 Å². The molecule has 0 radical (unpaired) electrons. The molecule has 1 aromatic rings. The Balaban J connectivity index is 0.00000300. The lowest BCUT2D eigenvalue weighted by Gasteiger charge is -2.34. The van der Waals surface area contributed by atoms with Gasteiger partial charge in [0.2, 0.25) is 5.95 Å². The third-order valence-electron chi connectivity index (χ3n) is 5.37. The molecule has 0 aromatic carbocycles. The SMILES string of the molecule is CCNC(=NCC1(C)CCCS1)NCCCN1CCN(c2ncccn2)CC1.I. The summed E-state index contributed by atoms with van der Waals surface area (Å²) in [6, 6.07) is 1.87. The van der Waals surface area contributed by atoms with Crippen molar-refractivity contribution in [3.63, 3.8) is 0 Å². The van der Waals surface area contributed by atoms with Crippen molar-refractivity contribution in [1.29, 1.82) is 0 Å². The standard InChI is InChI=1S/C20H35N7S.HI/c1-3-21-18(25-17-20(2)7-4-16-28-20)22-10-6-11-26-12-14-27(15-13-26)19-23-8-5-9-24-19;/h5,8-9H,3-4,6-7,10-17H2,1-2H3,(H2,21,22,25);1H. The fourth-order valence-electron chi connectivity index (χ4n) is 3.69. The van der Waals surface area contributed by atoms with Crippen LogP contribution in [0.4, 0.5) is 5.95 Å². The molecule has 9 heteroatoms. The van der Waals surface area contributed by atoms with E-state index in [9.17, 15) is 0 Å². The number of thioether (sulfide) groups is 1. The van der Waals surface area contributed by atoms with E-state index in [1.165, 1.54) is 18.6 Å². The van der Waals surface area contributed by atoms with Crippen molar-refractivity contribution in [3.8, 4) is 0 Å². The molecule has 0 saturated carbocycles. The van der Waals surface area contributed by atoms with Crippen LogP contribution >= 0.6 is 35.7 Å². The van der Waals surface area contributed by atoms with E-state index in [4.69, 9.17) is 4.99 Å². The predicted molar refractivity (Wildman–Crippen MR) is 135 cm³/mol. The van der Waals surface area contributed by atoms with Gasteiger partial charge in [-0.25, -0.2) is 9.97 Å². The highest BCUT2D eigenvalue weighted by Gasteiger charge is 2.29. The number of aliphatic imine (C=N–C) groups is 1. The second-order valence-electron chi connectivity index (χ2n) is 7.75. The van der Waals surface area contributed by atoms with Crippen molar-refractivity contribution in [2.24, 2.45) is 4.99 Å². The van der Waals surface area contributed by atoms with Gasteiger partial charge in [0.1, 0.15) is 0 Å². The number of halogens is 1. The van der Waals surface area contributed by atoms with E-state index in [0.717, 1.165) is 70.7 Å². The van der Waals surface area contributed by atoms with Crippen LogP contribution < -0.4 is 15.5 Å². The van der Waals surface area contributed by atoms with Crippen molar-refractivity contribution in [1.82, 2.24) is 25.5 Å². The Morgan fingerprint density at radius 3 is 2.62 bits per heavy atom. The summed E-state index contributed by atoms with van der Waals surface area (Å²) in [5, 5.41) is 6.89. The third-order valence-corrected chi connectivity index (χ3v) is 6.89. The predicted octanol–water partition coefficient (Wildman–Crippen LogP) is 2.45. The average Bonchev–Trinajstić information content (AvgIpc) is 3.17. The van der Waals surface area contributed by atoms with E-state index in [1.807, 2.05) is 18.5 Å².